The molecule has 5 nitrogen and oxygen atoms in total. The van der Waals surface area contributed by atoms with E-state index in [1.165, 1.54) is 0 Å². The van der Waals surface area contributed by atoms with E-state index in [0.717, 1.165) is 53.0 Å². The summed E-state index contributed by atoms with van der Waals surface area (Å²) in [7, 11) is 0. The smallest absolute Gasteiger partial charge is 0.290 e. The number of likely N-dealkylation sites (tertiary alicyclic amines) is 1. The fourth-order valence-corrected chi connectivity index (χ4v) is 4.13. The first-order valence-electron chi connectivity index (χ1n) is 9.41. The molecule has 0 spiro atoms. The maximum atomic E-state index is 13.3. The van der Waals surface area contributed by atoms with Crippen LogP contribution in [0.1, 0.15) is 40.6 Å². The zero-order chi connectivity index (χ0) is 18.4. The number of furan rings is 1. The van der Waals surface area contributed by atoms with Crippen molar-refractivity contribution in [3.8, 4) is 11.5 Å². The number of amides is 1. The van der Waals surface area contributed by atoms with Crippen molar-refractivity contribution in [3.05, 3.63) is 59.4 Å². The highest BCUT2D eigenvalue weighted by molar-refractivity contribution is 5.99. The summed E-state index contributed by atoms with van der Waals surface area (Å²) in [6.07, 6.45) is 1.91. The Balaban J connectivity index is 1.48. The van der Waals surface area contributed by atoms with Crippen molar-refractivity contribution >= 4 is 16.9 Å². The van der Waals surface area contributed by atoms with Crippen LogP contribution in [0.4, 0.5) is 0 Å². The van der Waals surface area contributed by atoms with Crippen LogP contribution in [0.3, 0.4) is 0 Å². The van der Waals surface area contributed by atoms with Gasteiger partial charge in [-0.1, -0.05) is 24.3 Å². The molecule has 0 radical (unpaired) electrons. The van der Waals surface area contributed by atoms with E-state index in [1.54, 1.807) is 0 Å². The van der Waals surface area contributed by atoms with E-state index in [0.29, 0.717) is 19.0 Å². The van der Waals surface area contributed by atoms with E-state index in [4.69, 9.17) is 13.9 Å². The predicted octanol–water partition coefficient (Wildman–Crippen LogP) is 4.49. The summed E-state index contributed by atoms with van der Waals surface area (Å²) < 4.78 is 17.2. The Kier molecular flexibility index (Phi) is 3.81. The number of carbonyl (C=O) groups is 1. The van der Waals surface area contributed by atoms with Crippen molar-refractivity contribution in [3.63, 3.8) is 0 Å². The van der Waals surface area contributed by atoms with Crippen LogP contribution < -0.4 is 9.47 Å². The number of nitrogens with zero attached hydrogens (tertiary/aromatic N) is 1. The van der Waals surface area contributed by atoms with E-state index in [2.05, 4.69) is 0 Å². The molecule has 1 aromatic heterocycles. The standard InChI is InChI=1S/C22H21NO4/c1-14-16-5-2-3-7-18(16)27-21(14)22(24)23-10-4-6-17(23)15-8-9-19-20(13-15)26-12-11-25-19/h2-3,5,7-9,13,17H,4,6,10-12H2,1H3. The topological polar surface area (TPSA) is 51.9 Å². The molecule has 2 aliphatic rings. The van der Waals surface area contributed by atoms with Crippen LogP contribution in [-0.4, -0.2) is 30.6 Å². The monoisotopic (exact) mass is 363 g/mol. The number of fused-ring (bicyclic) bond motifs is 2. The lowest BCUT2D eigenvalue weighted by molar-refractivity contribution is 0.0704. The quantitative estimate of drug-likeness (QED) is 0.673. The Morgan fingerprint density at radius 1 is 1.07 bits per heavy atom. The van der Waals surface area contributed by atoms with Crippen LogP contribution in [-0.2, 0) is 0 Å². The van der Waals surface area contributed by atoms with Crippen molar-refractivity contribution in [2.24, 2.45) is 0 Å². The van der Waals surface area contributed by atoms with Gasteiger partial charge in [-0.25, -0.2) is 0 Å². The van der Waals surface area contributed by atoms with E-state index in [1.807, 2.05) is 54.3 Å². The molecule has 1 amide bonds. The Morgan fingerprint density at radius 3 is 2.74 bits per heavy atom. The first-order valence-corrected chi connectivity index (χ1v) is 9.41. The van der Waals surface area contributed by atoms with Gasteiger partial charge in [0.2, 0.25) is 0 Å². The Morgan fingerprint density at radius 2 is 1.89 bits per heavy atom. The average molecular weight is 363 g/mol. The Bertz CT molecular complexity index is 1020. The molecule has 2 aliphatic heterocycles. The number of carbonyl (C=O) groups excluding carboxylic acids is 1. The molecule has 5 rings (SSSR count). The second-order valence-electron chi connectivity index (χ2n) is 7.11. The summed E-state index contributed by atoms with van der Waals surface area (Å²) in [5, 5.41) is 0.996. The summed E-state index contributed by atoms with van der Waals surface area (Å²) in [6, 6.07) is 13.8. The normalized spacial score (nSPS) is 18.9. The predicted molar refractivity (Wildman–Crippen MR) is 101 cm³/mol. The van der Waals surface area contributed by atoms with Crippen molar-refractivity contribution < 1.29 is 18.7 Å². The highest BCUT2D eigenvalue weighted by Gasteiger charge is 2.34. The van der Waals surface area contributed by atoms with Gasteiger partial charge in [0.1, 0.15) is 18.8 Å². The second-order valence-corrected chi connectivity index (χ2v) is 7.11. The fraction of sp³-hybridized carbons (Fsp3) is 0.318. The molecule has 3 heterocycles. The van der Waals surface area contributed by atoms with Gasteiger partial charge in [-0.15, -0.1) is 0 Å². The summed E-state index contributed by atoms with van der Waals surface area (Å²) >= 11 is 0. The fourth-order valence-electron chi connectivity index (χ4n) is 4.13. The van der Waals surface area contributed by atoms with Gasteiger partial charge in [0.25, 0.3) is 5.91 Å². The van der Waals surface area contributed by atoms with Gasteiger partial charge in [-0.05, 0) is 43.5 Å². The molecule has 1 unspecified atom stereocenters. The minimum atomic E-state index is -0.0407. The molecule has 0 bridgehead atoms. The van der Waals surface area contributed by atoms with Crippen LogP contribution >= 0.6 is 0 Å². The number of ether oxygens (including phenoxy) is 2. The molecule has 0 aliphatic carbocycles. The highest BCUT2D eigenvalue weighted by Crippen LogP contribution is 2.39. The summed E-state index contributed by atoms with van der Waals surface area (Å²) in [5.74, 6) is 1.94. The molecule has 1 saturated heterocycles. The van der Waals surface area contributed by atoms with Crippen LogP contribution in [0.5, 0.6) is 11.5 Å². The first-order chi connectivity index (χ1) is 13.2. The van der Waals surface area contributed by atoms with Crippen molar-refractivity contribution in [2.45, 2.75) is 25.8 Å². The lowest BCUT2D eigenvalue weighted by atomic mass is 10.0. The number of hydrogen-bond acceptors (Lipinski definition) is 4. The lowest BCUT2D eigenvalue weighted by Gasteiger charge is -2.26. The molecule has 3 aromatic rings. The molecule has 5 heteroatoms. The van der Waals surface area contributed by atoms with E-state index in [-0.39, 0.29) is 11.9 Å². The SMILES string of the molecule is Cc1c(C(=O)N2CCCC2c2ccc3c(c2)OCCO3)oc2ccccc12. The van der Waals surface area contributed by atoms with Gasteiger partial charge in [-0.2, -0.15) is 0 Å². The van der Waals surface area contributed by atoms with Crippen molar-refractivity contribution in [1.29, 1.82) is 0 Å². The third kappa shape index (κ3) is 2.65. The van der Waals surface area contributed by atoms with Gasteiger partial charge in [0, 0.05) is 17.5 Å². The summed E-state index contributed by atoms with van der Waals surface area (Å²) in [5.41, 5.74) is 2.75. The van der Waals surface area contributed by atoms with Crippen LogP contribution in [0.25, 0.3) is 11.0 Å². The number of benzene rings is 2. The van der Waals surface area contributed by atoms with Gasteiger partial charge >= 0.3 is 0 Å². The molecule has 1 fully saturated rings. The molecular weight excluding hydrogens is 342 g/mol. The highest BCUT2D eigenvalue weighted by atomic mass is 16.6. The molecule has 27 heavy (non-hydrogen) atoms. The zero-order valence-corrected chi connectivity index (χ0v) is 15.2. The average Bonchev–Trinajstić information content (AvgIpc) is 3.33. The zero-order valence-electron chi connectivity index (χ0n) is 15.2. The third-order valence-electron chi connectivity index (χ3n) is 5.50. The number of aryl methyl sites for hydroxylation is 1. The van der Waals surface area contributed by atoms with E-state index >= 15 is 0 Å². The number of rotatable bonds is 2. The molecule has 138 valence electrons. The minimum Gasteiger partial charge on any atom is -0.486 e. The van der Waals surface area contributed by atoms with Crippen LogP contribution in [0, 0.1) is 6.92 Å². The Labute approximate surface area is 157 Å². The molecule has 2 aromatic carbocycles. The van der Waals surface area contributed by atoms with Crippen molar-refractivity contribution in [2.75, 3.05) is 19.8 Å². The largest absolute Gasteiger partial charge is 0.486 e. The van der Waals surface area contributed by atoms with Gasteiger partial charge < -0.3 is 18.8 Å². The van der Waals surface area contributed by atoms with Crippen LogP contribution in [0.15, 0.2) is 46.9 Å². The Hall–Kier alpha value is -2.95. The maximum Gasteiger partial charge on any atom is 0.290 e. The molecule has 1 atom stereocenters. The number of para-hydroxylation sites is 1. The summed E-state index contributed by atoms with van der Waals surface area (Å²) in [4.78, 5) is 15.2. The lowest BCUT2D eigenvalue weighted by Crippen LogP contribution is -2.30. The van der Waals surface area contributed by atoms with Gasteiger partial charge in [0.05, 0.1) is 6.04 Å². The summed E-state index contributed by atoms with van der Waals surface area (Å²) in [6.45, 7) is 3.82. The van der Waals surface area contributed by atoms with E-state index in [9.17, 15) is 4.79 Å². The first kappa shape index (κ1) is 16.2. The van der Waals surface area contributed by atoms with E-state index < -0.39 is 0 Å². The van der Waals surface area contributed by atoms with Crippen molar-refractivity contribution in [1.82, 2.24) is 4.90 Å². The van der Waals surface area contributed by atoms with Crippen LogP contribution in [0.2, 0.25) is 0 Å². The maximum absolute atomic E-state index is 13.3. The molecule has 0 saturated carbocycles. The van der Waals surface area contributed by atoms with Gasteiger partial charge in [0.15, 0.2) is 17.3 Å². The molecule has 0 N–H and O–H groups in total. The second kappa shape index (κ2) is 6.34. The number of hydrogen-bond donors (Lipinski definition) is 0. The minimum absolute atomic E-state index is 0.0286. The van der Waals surface area contributed by atoms with Gasteiger partial charge in [-0.3, -0.25) is 4.79 Å². The third-order valence-corrected chi connectivity index (χ3v) is 5.50. The molecular formula is C22H21NO4.